The van der Waals surface area contributed by atoms with Crippen LogP contribution in [0.3, 0.4) is 0 Å². The van der Waals surface area contributed by atoms with Crippen molar-refractivity contribution in [3.05, 3.63) is 107 Å². The van der Waals surface area contributed by atoms with E-state index >= 15 is 0 Å². The number of ketones is 1. The number of hydrogen-bond acceptors (Lipinski definition) is 4. The summed E-state index contributed by atoms with van der Waals surface area (Å²) in [6, 6.07) is 21.9. The third-order valence-corrected chi connectivity index (χ3v) is 6.33. The summed E-state index contributed by atoms with van der Waals surface area (Å²) in [5.74, 6) is -1.34. The minimum atomic E-state index is -0.919. The number of Topliss-reactive ketones (excluding diaryl/α,β-unsaturated/α-hetero) is 1. The number of benzene rings is 3. The molecule has 5 nitrogen and oxygen atoms in total. The molecule has 0 fully saturated rings. The van der Waals surface area contributed by atoms with E-state index in [1.54, 1.807) is 18.3 Å². The molecule has 0 saturated heterocycles. The van der Waals surface area contributed by atoms with Crippen molar-refractivity contribution in [3.8, 4) is 22.3 Å². The number of carboxylic acid groups (broad SMARTS) is 1. The van der Waals surface area contributed by atoms with Crippen LogP contribution in [0, 0.1) is 12.7 Å². The normalized spacial score (nSPS) is 10.8. The van der Waals surface area contributed by atoms with E-state index in [4.69, 9.17) is 16.7 Å². The van der Waals surface area contributed by atoms with Crippen molar-refractivity contribution in [3.63, 3.8) is 0 Å². The van der Waals surface area contributed by atoms with Crippen molar-refractivity contribution in [2.24, 2.45) is 0 Å². The minimum Gasteiger partial charge on any atom is -0.481 e. The van der Waals surface area contributed by atoms with Gasteiger partial charge in [-0.2, -0.15) is 0 Å². The van der Waals surface area contributed by atoms with Crippen LogP contribution in [0.4, 0.5) is 10.1 Å². The van der Waals surface area contributed by atoms with Crippen LogP contribution in [-0.4, -0.2) is 21.8 Å². The number of halogens is 2. The molecule has 3 aromatic carbocycles. The van der Waals surface area contributed by atoms with Crippen molar-refractivity contribution in [2.75, 3.05) is 5.32 Å². The number of hydrogen-bond donors (Lipinski definition) is 2. The summed E-state index contributed by atoms with van der Waals surface area (Å²) >= 11 is 6.28. The number of anilines is 1. The van der Waals surface area contributed by atoms with Gasteiger partial charge in [-0.3, -0.25) is 14.6 Å². The number of carboxylic acids is 1. The van der Waals surface area contributed by atoms with Gasteiger partial charge in [0.1, 0.15) is 11.5 Å². The number of nitrogens with zero attached hydrogens (tertiary/aromatic N) is 1. The predicted octanol–water partition coefficient (Wildman–Crippen LogP) is 7.57. The summed E-state index contributed by atoms with van der Waals surface area (Å²) in [5.41, 5.74) is 6.86. The predicted molar refractivity (Wildman–Crippen MR) is 144 cm³/mol. The van der Waals surface area contributed by atoms with Crippen LogP contribution in [0.25, 0.3) is 22.3 Å². The molecular formula is C30H26ClFN2O3. The third kappa shape index (κ3) is 6.80. The lowest BCUT2D eigenvalue weighted by molar-refractivity contribution is -0.137. The third-order valence-electron chi connectivity index (χ3n) is 6.09. The van der Waals surface area contributed by atoms with E-state index in [-0.39, 0.29) is 30.9 Å². The lowest BCUT2D eigenvalue weighted by Crippen LogP contribution is -2.04. The molecule has 0 atom stereocenters. The second-order valence-electron chi connectivity index (χ2n) is 8.79. The first-order valence-electron chi connectivity index (χ1n) is 11.9. The monoisotopic (exact) mass is 516 g/mol. The number of aliphatic carboxylic acids is 1. The maximum Gasteiger partial charge on any atom is 0.303 e. The van der Waals surface area contributed by atoms with Gasteiger partial charge in [0.2, 0.25) is 0 Å². The Kier molecular flexibility index (Phi) is 8.31. The number of carbonyl (C=O) groups excluding carboxylic acids is 1. The zero-order chi connectivity index (χ0) is 26.4. The summed E-state index contributed by atoms with van der Waals surface area (Å²) in [6.07, 6.45) is 2.02. The van der Waals surface area contributed by atoms with Crippen molar-refractivity contribution < 1.29 is 19.1 Å². The molecule has 0 aliphatic heterocycles. The van der Waals surface area contributed by atoms with Gasteiger partial charge in [-0.25, -0.2) is 4.39 Å². The molecule has 0 radical (unpaired) electrons. The Morgan fingerprint density at radius 3 is 2.35 bits per heavy atom. The molecule has 0 bridgehead atoms. The number of nitrogens with one attached hydrogen (secondary N) is 1. The van der Waals surface area contributed by atoms with Crippen LogP contribution in [0.1, 0.15) is 40.9 Å². The molecule has 0 unspecified atom stereocenters. The number of pyridine rings is 1. The van der Waals surface area contributed by atoms with Crippen LogP contribution in [0.15, 0.2) is 79.0 Å². The molecule has 1 heterocycles. The molecule has 0 amide bonds. The van der Waals surface area contributed by atoms with Gasteiger partial charge in [-0.15, -0.1) is 0 Å². The van der Waals surface area contributed by atoms with E-state index < -0.39 is 5.97 Å². The van der Waals surface area contributed by atoms with Gasteiger partial charge >= 0.3 is 5.97 Å². The van der Waals surface area contributed by atoms with Gasteiger partial charge in [0.05, 0.1) is 0 Å². The van der Waals surface area contributed by atoms with Crippen LogP contribution in [0.2, 0.25) is 5.02 Å². The number of rotatable bonds is 10. The highest BCUT2D eigenvalue weighted by Crippen LogP contribution is 2.29. The van der Waals surface area contributed by atoms with Crippen molar-refractivity contribution in [1.29, 1.82) is 0 Å². The van der Waals surface area contributed by atoms with E-state index in [2.05, 4.69) is 10.3 Å². The Labute approximate surface area is 220 Å². The van der Waals surface area contributed by atoms with Crippen LogP contribution in [0.5, 0.6) is 0 Å². The largest absolute Gasteiger partial charge is 0.481 e. The number of aryl methyl sites for hydroxylation is 1. The highest BCUT2D eigenvalue weighted by Gasteiger charge is 2.12. The zero-order valence-electron chi connectivity index (χ0n) is 20.3. The van der Waals surface area contributed by atoms with E-state index in [1.165, 1.54) is 12.1 Å². The molecule has 4 rings (SSSR count). The van der Waals surface area contributed by atoms with Gasteiger partial charge in [0.15, 0.2) is 5.78 Å². The smallest absolute Gasteiger partial charge is 0.303 e. The Morgan fingerprint density at radius 1 is 0.919 bits per heavy atom. The lowest BCUT2D eigenvalue weighted by atomic mass is 9.99. The Morgan fingerprint density at radius 2 is 1.68 bits per heavy atom. The Balaban J connectivity index is 1.46. The molecular weight excluding hydrogens is 491 g/mol. The molecule has 0 aliphatic carbocycles. The van der Waals surface area contributed by atoms with Crippen molar-refractivity contribution in [2.45, 2.75) is 32.7 Å². The quantitative estimate of drug-likeness (QED) is 0.212. The van der Waals surface area contributed by atoms with E-state index in [1.807, 2.05) is 55.5 Å². The Hall–Kier alpha value is -4.03. The highest BCUT2D eigenvalue weighted by molar-refractivity contribution is 6.30. The maximum absolute atomic E-state index is 13.4. The SMILES string of the molecule is Cc1cc(F)ccc1-c1ccc(NCc2ccc(Cl)cc2-c2ccc(C(=O)CCCC(=O)O)nc2)cc1. The minimum absolute atomic E-state index is 0.0443. The van der Waals surface area contributed by atoms with Gasteiger partial charge in [0.25, 0.3) is 0 Å². The molecule has 2 N–H and O–H groups in total. The first-order chi connectivity index (χ1) is 17.8. The molecule has 0 saturated carbocycles. The number of carbonyl (C=O) groups is 2. The molecule has 1 aromatic heterocycles. The molecule has 188 valence electrons. The lowest BCUT2D eigenvalue weighted by Gasteiger charge is -2.13. The number of aromatic nitrogens is 1. The zero-order valence-corrected chi connectivity index (χ0v) is 21.1. The maximum atomic E-state index is 13.4. The second-order valence-corrected chi connectivity index (χ2v) is 9.23. The van der Waals surface area contributed by atoms with Gasteiger partial charge < -0.3 is 10.4 Å². The summed E-state index contributed by atoms with van der Waals surface area (Å²) in [6.45, 7) is 2.43. The molecule has 0 spiro atoms. The van der Waals surface area contributed by atoms with Crippen LogP contribution >= 0.6 is 11.6 Å². The van der Waals surface area contributed by atoms with E-state index in [0.29, 0.717) is 17.3 Å². The molecule has 37 heavy (non-hydrogen) atoms. The van der Waals surface area contributed by atoms with Gasteiger partial charge in [0, 0.05) is 41.9 Å². The first-order valence-corrected chi connectivity index (χ1v) is 12.3. The fourth-order valence-corrected chi connectivity index (χ4v) is 4.31. The average Bonchev–Trinajstić information content (AvgIpc) is 2.88. The summed E-state index contributed by atoms with van der Waals surface area (Å²) in [4.78, 5) is 27.3. The summed E-state index contributed by atoms with van der Waals surface area (Å²) in [5, 5.41) is 12.8. The van der Waals surface area contributed by atoms with Crippen molar-refractivity contribution in [1.82, 2.24) is 4.98 Å². The highest BCUT2D eigenvalue weighted by atomic mass is 35.5. The summed E-state index contributed by atoms with van der Waals surface area (Å²) < 4.78 is 13.4. The van der Waals surface area contributed by atoms with Crippen LogP contribution in [-0.2, 0) is 11.3 Å². The van der Waals surface area contributed by atoms with E-state index in [0.717, 1.165) is 39.1 Å². The molecule has 0 aliphatic rings. The molecule has 7 heteroatoms. The standard InChI is InChI=1S/C30H26ClFN2O3/c1-19-15-24(32)10-13-26(19)20-6-11-25(12-7-20)33-17-21-5-9-23(31)16-27(21)22-8-14-28(34-18-22)29(35)3-2-4-30(36)37/h5-16,18,33H,2-4,17H2,1H3,(H,36,37). The van der Waals surface area contributed by atoms with Crippen LogP contribution < -0.4 is 5.32 Å². The average molecular weight is 517 g/mol. The van der Waals surface area contributed by atoms with E-state index in [9.17, 15) is 14.0 Å². The Bertz CT molecular complexity index is 1420. The topological polar surface area (TPSA) is 79.3 Å². The van der Waals surface area contributed by atoms with Gasteiger partial charge in [-0.05, 0) is 83.6 Å². The van der Waals surface area contributed by atoms with Crippen molar-refractivity contribution >= 4 is 29.0 Å². The first kappa shape index (κ1) is 26.0. The molecule has 4 aromatic rings. The fourth-order valence-electron chi connectivity index (χ4n) is 4.13. The summed E-state index contributed by atoms with van der Waals surface area (Å²) in [7, 11) is 0. The van der Waals surface area contributed by atoms with Gasteiger partial charge in [-0.1, -0.05) is 41.9 Å². The fraction of sp³-hybridized carbons (Fsp3) is 0.167. The second kappa shape index (κ2) is 11.8.